The van der Waals surface area contributed by atoms with E-state index in [0.717, 1.165) is 19.3 Å². The van der Waals surface area contributed by atoms with Crippen LogP contribution in [0.2, 0.25) is 0 Å². The van der Waals surface area contributed by atoms with E-state index in [0.29, 0.717) is 11.8 Å². The van der Waals surface area contributed by atoms with Crippen LogP contribution in [-0.2, 0) is 33.9 Å². The van der Waals surface area contributed by atoms with Crippen molar-refractivity contribution in [3.8, 4) is 0 Å². The van der Waals surface area contributed by atoms with E-state index in [1.165, 1.54) is 24.3 Å². The number of hydrogen-bond donors (Lipinski definition) is 0. The van der Waals surface area contributed by atoms with E-state index in [1.54, 1.807) is 42.5 Å². The number of ether oxygens (including phenoxy) is 2. The van der Waals surface area contributed by atoms with Crippen molar-refractivity contribution in [3.05, 3.63) is 72.3 Å². The summed E-state index contributed by atoms with van der Waals surface area (Å²) in [5.41, 5.74) is 0.0650. The molecular weight excluding hydrogens is 536 g/mol. The molecule has 3 aliphatic rings. The molecule has 0 amide bonds. The number of hydrogen-bond acceptors (Lipinski definition) is 7. The number of sulfone groups is 2. The Bertz CT molecular complexity index is 1380. The first-order chi connectivity index (χ1) is 18.5. The molecule has 2 aromatic rings. The lowest BCUT2D eigenvalue weighted by Gasteiger charge is -2.43. The zero-order valence-corrected chi connectivity index (χ0v) is 24.2. The van der Waals surface area contributed by atoms with Gasteiger partial charge in [0, 0.05) is 5.57 Å². The molecule has 0 radical (unpaired) electrons. The molecule has 2 fully saturated rings. The molecule has 5 rings (SSSR count). The number of carbonyl (C=O) groups excluding carboxylic acids is 1. The molecule has 0 N–H and O–H groups in total. The Balaban J connectivity index is 1.70. The Morgan fingerprint density at radius 2 is 1.46 bits per heavy atom. The van der Waals surface area contributed by atoms with Crippen molar-refractivity contribution in [1.29, 1.82) is 0 Å². The van der Waals surface area contributed by atoms with Gasteiger partial charge in [-0.2, -0.15) is 0 Å². The van der Waals surface area contributed by atoms with Crippen molar-refractivity contribution in [2.24, 2.45) is 23.7 Å². The van der Waals surface area contributed by atoms with E-state index in [-0.39, 0.29) is 40.2 Å². The Morgan fingerprint density at radius 1 is 0.897 bits per heavy atom. The molecule has 0 aromatic heterocycles. The standard InChI is InChI=1S/C30H36O7S2/c1-20(2)24-17-16-21(3)19-26(24)36-29-27-25(28(31)37-29)15-10-18-30(27,38(32,33)22-11-6-4-7-12-22)39(34,35)23-13-8-5-9-14-23/h4-9,11-15,20-21,24,26-27,29H,10,16-19H2,1-3H3/t21-,24+,26-,27-,29-/m1/s1. The SMILES string of the molecule is CC(C)[C@@H]1CC[C@@H](C)C[C@H]1O[C@@H]1OC(=O)C2=CCCC(S(=O)(=O)c3ccccc3)(S(=O)(=O)c3ccccc3)[C@H]21. The van der Waals surface area contributed by atoms with Gasteiger partial charge in [-0.1, -0.05) is 69.7 Å². The van der Waals surface area contributed by atoms with Crippen molar-refractivity contribution < 1.29 is 31.1 Å². The van der Waals surface area contributed by atoms with Crippen LogP contribution < -0.4 is 0 Å². The molecule has 9 heteroatoms. The van der Waals surface area contributed by atoms with E-state index in [4.69, 9.17) is 9.47 Å². The number of rotatable bonds is 7. The van der Waals surface area contributed by atoms with Gasteiger partial charge in [0.25, 0.3) is 0 Å². The van der Waals surface area contributed by atoms with Gasteiger partial charge in [-0.3, -0.25) is 0 Å². The summed E-state index contributed by atoms with van der Waals surface area (Å²) in [6.07, 6.45) is 2.60. The maximum Gasteiger partial charge on any atom is 0.336 e. The number of benzene rings is 2. The fraction of sp³-hybridized carbons (Fsp3) is 0.500. The van der Waals surface area contributed by atoms with Gasteiger partial charge in [0.2, 0.25) is 6.29 Å². The molecule has 1 saturated carbocycles. The van der Waals surface area contributed by atoms with E-state index in [1.807, 2.05) is 0 Å². The van der Waals surface area contributed by atoms with Crippen molar-refractivity contribution in [2.45, 2.75) is 79.1 Å². The van der Waals surface area contributed by atoms with Gasteiger partial charge in [0.15, 0.2) is 23.8 Å². The lowest BCUT2D eigenvalue weighted by atomic mass is 9.75. The number of fused-ring (bicyclic) bond motifs is 1. The third-order valence-electron chi connectivity index (χ3n) is 8.68. The van der Waals surface area contributed by atoms with Crippen molar-refractivity contribution in [3.63, 3.8) is 0 Å². The lowest BCUT2D eigenvalue weighted by Crippen LogP contribution is -2.57. The molecule has 7 nitrogen and oxygen atoms in total. The highest BCUT2D eigenvalue weighted by molar-refractivity contribution is 8.10. The van der Waals surface area contributed by atoms with Crippen molar-refractivity contribution in [2.75, 3.05) is 0 Å². The number of esters is 1. The zero-order chi connectivity index (χ0) is 28.0. The molecule has 2 aliphatic carbocycles. The number of cyclic esters (lactones) is 1. The highest BCUT2D eigenvalue weighted by atomic mass is 32.3. The van der Waals surface area contributed by atoms with Crippen molar-refractivity contribution in [1.82, 2.24) is 0 Å². The molecule has 0 unspecified atom stereocenters. The summed E-state index contributed by atoms with van der Waals surface area (Å²) in [6, 6.07) is 15.2. The van der Waals surface area contributed by atoms with Crippen LogP contribution in [0.3, 0.4) is 0 Å². The van der Waals surface area contributed by atoms with Crippen LogP contribution in [0.5, 0.6) is 0 Å². The van der Waals surface area contributed by atoms with Crippen LogP contribution >= 0.6 is 0 Å². The highest BCUT2D eigenvalue weighted by Gasteiger charge is 2.68. The first-order valence-electron chi connectivity index (χ1n) is 13.7. The summed E-state index contributed by atoms with van der Waals surface area (Å²) in [5.74, 6) is -1.19. The number of allylic oxidation sites excluding steroid dienone is 1. The minimum Gasteiger partial charge on any atom is -0.432 e. The van der Waals surface area contributed by atoms with Gasteiger partial charge < -0.3 is 9.47 Å². The summed E-state index contributed by atoms with van der Waals surface area (Å²) < 4.78 is 68.3. The first-order valence-corrected chi connectivity index (χ1v) is 16.6. The maximum absolute atomic E-state index is 14.6. The molecule has 5 atom stereocenters. The predicted molar refractivity (Wildman–Crippen MR) is 147 cm³/mol. The normalized spacial score (nSPS) is 29.0. The first kappa shape index (κ1) is 28.1. The van der Waals surface area contributed by atoms with Crippen LogP contribution in [0.4, 0.5) is 0 Å². The molecule has 0 spiro atoms. The van der Waals surface area contributed by atoms with E-state index < -0.39 is 41.9 Å². The lowest BCUT2D eigenvalue weighted by molar-refractivity contribution is -0.197. The van der Waals surface area contributed by atoms with Crippen LogP contribution in [0, 0.1) is 23.7 Å². The number of carbonyl (C=O) groups is 1. The summed E-state index contributed by atoms with van der Waals surface area (Å²) in [6.45, 7) is 6.38. The molecule has 1 aliphatic heterocycles. The van der Waals surface area contributed by atoms with Crippen LogP contribution in [-0.4, -0.2) is 39.3 Å². The van der Waals surface area contributed by atoms with Gasteiger partial charge in [0.05, 0.1) is 21.8 Å². The van der Waals surface area contributed by atoms with Gasteiger partial charge >= 0.3 is 5.97 Å². The zero-order valence-electron chi connectivity index (χ0n) is 22.5. The topological polar surface area (TPSA) is 104 Å². The molecule has 1 saturated heterocycles. The summed E-state index contributed by atoms with van der Waals surface area (Å²) in [5, 5.41) is 0. The fourth-order valence-electron chi connectivity index (χ4n) is 6.65. The van der Waals surface area contributed by atoms with Gasteiger partial charge in [-0.25, -0.2) is 21.6 Å². The van der Waals surface area contributed by atoms with Gasteiger partial charge in [-0.05, 0) is 67.7 Å². The van der Waals surface area contributed by atoms with Gasteiger partial charge in [-0.15, -0.1) is 0 Å². The van der Waals surface area contributed by atoms with Crippen LogP contribution in [0.25, 0.3) is 0 Å². The minimum atomic E-state index is -4.56. The molecule has 2 aromatic carbocycles. The fourth-order valence-corrected chi connectivity index (χ4v) is 12.1. The van der Waals surface area contributed by atoms with E-state index in [9.17, 15) is 21.6 Å². The third-order valence-corrected chi connectivity index (χ3v) is 14.5. The molecule has 39 heavy (non-hydrogen) atoms. The van der Waals surface area contributed by atoms with Gasteiger partial charge in [0.1, 0.15) is 0 Å². The second-order valence-electron chi connectivity index (χ2n) is 11.4. The summed E-state index contributed by atoms with van der Waals surface area (Å²) in [4.78, 5) is 13.0. The smallest absolute Gasteiger partial charge is 0.336 e. The molecule has 1 heterocycles. The Kier molecular flexibility index (Phi) is 7.54. The minimum absolute atomic E-state index is 0.0650. The van der Waals surface area contributed by atoms with Crippen molar-refractivity contribution >= 4 is 25.6 Å². The van der Waals surface area contributed by atoms with Crippen LogP contribution in [0.1, 0.15) is 52.9 Å². The largest absolute Gasteiger partial charge is 0.432 e. The summed E-state index contributed by atoms with van der Waals surface area (Å²) in [7, 11) is -9.12. The molecule has 0 bridgehead atoms. The monoisotopic (exact) mass is 572 g/mol. The second-order valence-corrected chi connectivity index (χ2v) is 16.1. The molecule has 210 valence electrons. The summed E-state index contributed by atoms with van der Waals surface area (Å²) >= 11 is 0. The predicted octanol–water partition coefficient (Wildman–Crippen LogP) is 5.33. The second kappa shape index (κ2) is 10.5. The third kappa shape index (κ3) is 4.56. The van der Waals surface area contributed by atoms with Crippen LogP contribution in [0.15, 0.2) is 82.1 Å². The Hall–Kier alpha value is -2.49. The van der Waals surface area contributed by atoms with E-state index >= 15 is 0 Å². The molecular formula is C30H36O7S2. The maximum atomic E-state index is 14.6. The highest BCUT2D eigenvalue weighted by Crippen LogP contribution is 2.54. The Labute approximate surface area is 231 Å². The quantitative estimate of drug-likeness (QED) is 0.413. The average Bonchev–Trinajstić information content (AvgIpc) is 3.24. The van der Waals surface area contributed by atoms with E-state index in [2.05, 4.69) is 20.8 Å². The average molecular weight is 573 g/mol. The Morgan fingerprint density at radius 3 is 2.00 bits per heavy atom.